The molecule has 1 fully saturated rings. The van der Waals surface area contributed by atoms with Gasteiger partial charge >= 0.3 is 6.09 Å². The summed E-state index contributed by atoms with van der Waals surface area (Å²) in [6.45, 7) is 9.98. The molecular weight excluding hydrogens is 414 g/mol. The Labute approximate surface area is 186 Å². The first-order chi connectivity index (χ1) is 15.2. The highest BCUT2D eigenvalue weighted by atomic mass is 16.6. The maximum atomic E-state index is 11.9. The number of rotatable bonds is 8. The molecule has 9 heteroatoms. The van der Waals surface area contributed by atoms with E-state index in [4.69, 9.17) is 23.2 Å². The normalized spacial score (nSPS) is 14.9. The molecule has 1 aliphatic rings. The molecule has 172 valence electrons. The molecule has 0 spiro atoms. The first kappa shape index (κ1) is 22.0. The lowest BCUT2D eigenvalue weighted by atomic mass is 10.2. The second-order valence-corrected chi connectivity index (χ2v) is 9.20. The average molecular weight is 444 g/mol. The summed E-state index contributed by atoms with van der Waals surface area (Å²) in [7, 11) is 0. The summed E-state index contributed by atoms with van der Waals surface area (Å²) in [6, 6.07) is 5.28. The predicted molar refractivity (Wildman–Crippen MR) is 117 cm³/mol. The maximum Gasteiger partial charge on any atom is 0.407 e. The van der Waals surface area contributed by atoms with E-state index in [1.54, 1.807) is 0 Å². The SMILES string of the molecule is Cc1c(OC[C@H](C)NC(=O)OC(C)(C)C)noc1-c1nc2cc(OCC3CC3)ccc2o1. The number of nitrogens with zero attached hydrogens (tertiary/aromatic N) is 2. The van der Waals surface area contributed by atoms with Crippen LogP contribution in [0.25, 0.3) is 22.8 Å². The number of carbonyl (C=O) groups excluding carboxylic acids is 1. The summed E-state index contributed by atoms with van der Waals surface area (Å²) in [5, 5.41) is 6.70. The number of nitrogens with one attached hydrogen (secondary N) is 1. The molecule has 32 heavy (non-hydrogen) atoms. The molecule has 0 bridgehead atoms. The van der Waals surface area contributed by atoms with E-state index in [1.165, 1.54) is 12.8 Å². The van der Waals surface area contributed by atoms with Crippen LogP contribution in [-0.4, -0.2) is 41.1 Å². The van der Waals surface area contributed by atoms with Crippen molar-refractivity contribution in [3.8, 4) is 23.3 Å². The van der Waals surface area contributed by atoms with Crippen molar-refractivity contribution in [2.45, 2.75) is 59.1 Å². The van der Waals surface area contributed by atoms with Gasteiger partial charge in [0.15, 0.2) is 5.58 Å². The van der Waals surface area contributed by atoms with Crippen LogP contribution in [0.15, 0.2) is 27.1 Å². The third kappa shape index (κ3) is 5.52. The van der Waals surface area contributed by atoms with Crippen LogP contribution >= 0.6 is 0 Å². The molecular formula is C23H29N3O6. The average Bonchev–Trinajstić information content (AvgIpc) is 3.32. The van der Waals surface area contributed by atoms with E-state index in [0.29, 0.717) is 40.1 Å². The van der Waals surface area contributed by atoms with Gasteiger partial charge in [-0.1, -0.05) is 0 Å². The molecule has 1 aliphatic carbocycles. The largest absolute Gasteiger partial charge is 0.493 e. The van der Waals surface area contributed by atoms with Crippen LogP contribution in [0, 0.1) is 12.8 Å². The van der Waals surface area contributed by atoms with Crippen LogP contribution in [-0.2, 0) is 4.74 Å². The molecule has 0 radical (unpaired) electrons. The number of hydrogen-bond acceptors (Lipinski definition) is 8. The minimum absolute atomic E-state index is 0.196. The first-order valence-corrected chi connectivity index (χ1v) is 10.8. The molecule has 1 aromatic carbocycles. The lowest BCUT2D eigenvalue weighted by molar-refractivity contribution is 0.0492. The number of fused-ring (bicyclic) bond motifs is 1. The van der Waals surface area contributed by atoms with E-state index in [9.17, 15) is 4.79 Å². The van der Waals surface area contributed by atoms with Gasteiger partial charge in [-0.25, -0.2) is 9.78 Å². The Morgan fingerprint density at radius 1 is 1.28 bits per heavy atom. The van der Waals surface area contributed by atoms with Gasteiger partial charge in [0.25, 0.3) is 11.8 Å². The number of amides is 1. The van der Waals surface area contributed by atoms with E-state index >= 15 is 0 Å². The first-order valence-electron chi connectivity index (χ1n) is 10.8. The highest BCUT2D eigenvalue weighted by molar-refractivity contribution is 5.77. The highest BCUT2D eigenvalue weighted by Crippen LogP contribution is 2.33. The number of oxazole rings is 1. The topological polar surface area (TPSA) is 109 Å². The van der Waals surface area contributed by atoms with Gasteiger partial charge in [-0.2, -0.15) is 0 Å². The van der Waals surface area contributed by atoms with Crippen molar-refractivity contribution in [3.05, 3.63) is 23.8 Å². The van der Waals surface area contributed by atoms with Crippen molar-refractivity contribution in [2.24, 2.45) is 5.92 Å². The number of alkyl carbamates (subject to hydrolysis) is 1. The van der Waals surface area contributed by atoms with Crippen molar-refractivity contribution >= 4 is 17.2 Å². The maximum absolute atomic E-state index is 11.9. The number of hydrogen-bond donors (Lipinski definition) is 1. The number of carbonyl (C=O) groups is 1. The van der Waals surface area contributed by atoms with E-state index in [2.05, 4.69) is 15.5 Å². The van der Waals surface area contributed by atoms with Crippen LogP contribution in [0.4, 0.5) is 4.79 Å². The molecule has 0 saturated heterocycles. The zero-order chi connectivity index (χ0) is 22.9. The lowest BCUT2D eigenvalue weighted by Gasteiger charge is -2.21. The minimum Gasteiger partial charge on any atom is -0.493 e. The van der Waals surface area contributed by atoms with Crippen molar-refractivity contribution in [1.29, 1.82) is 0 Å². The molecule has 1 N–H and O–H groups in total. The Kier molecular flexibility index (Phi) is 5.99. The highest BCUT2D eigenvalue weighted by Gasteiger charge is 2.23. The van der Waals surface area contributed by atoms with Crippen LogP contribution in [0.2, 0.25) is 0 Å². The van der Waals surface area contributed by atoms with Crippen LogP contribution in [0.1, 0.15) is 46.1 Å². The predicted octanol–water partition coefficient (Wildman–Crippen LogP) is 4.87. The molecule has 4 rings (SSSR count). The molecule has 0 unspecified atom stereocenters. The Morgan fingerprint density at radius 2 is 2.06 bits per heavy atom. The fraction of sp³-hybridized carbons (Fsp3) is 0.522. The van der Waals surface area contributed by atoms with Crippen molar-refractivity contribution in [2.75, 3.05) is 13.2 Å². The standard InChI is InChI=1S/C23H29N3O6/c1-13(24-22(27)31-23(3,4)5)11-29-20-14(2)19(32-26-20)21-25-17-10-16(8-9-18(17)30-21)28-12-15-6-7-15/h8-10,13,15H,6-7,11-12H2,1-5H3,(H,24,27)/t13-/m0/s1. The minimum atomic E-state index is -0.564. The fourth-order valence-electron chi connectivity index (χ4n) is 3.00. The van der Waals surface area contributed by atoms with Gasteiger partial charge in [0.05, 0.1) is 18.2 Å². The molecule has 2 heterocycles. The van der Waals surface area contributed by atoms with Crippen molar-refractivity contribution in [1.82, 2.24) is 15.5 Å². The van der Waals surface area contributed by atoms with Crippen LogP contribution in [0.5, 0.6) is 11.6 Å². The van der Waals surface area contributed by atoms with E-state index in [0.717, 1.165) is 12.4 Å². The summed E-state index contributed by atoms with van der Waals surface area (Å²) >= 11 is 0. The van der Waals surface area contributed by atoms with E-state index in [1.807, 2.05) is 52.8 Å². The Morgan fingerprint density at radius 3 is 2.78 bits per heavy atom. The molecule has 0 aliphatic heterocycles. The molecule has 1 atom stereocenters. The third-order valence-electron chi connectivity index (χ3n) is 4.85. The van der Waals surface area contributed by atoms with Gasteiger partial charge in [-0.05, 0) is 70.7 Å². The molecule has 1 saturated carbocycles. The second kappa shape index (κ2) is 8.72. The number of ether oxygens (including phenoxy) is 3. The van der Waals surface area contributed by atoms with Gasteiger partial charge in [-0.3, -0.25) is 0 Å². The summed E-state index contributed by atoms with van der Waals surface area (Å²) in [5.74, 6) is 2.47. The van der Waals surface area contributed by atoms with Crippen LogP contribution in [0.3, 0.4) is 0 Å². The Bertz CT molecular complexity index is 1090. The van der Waals surface area contributed by atoms with Crippen molar-refractivity contribution in [3.63, 3.8) is 0 Å². The fourth-order valence-corrected chi connectivity index (χ4v) is 3.00. The third-order valence-corrected chi connectivity index (χ3v) is 4.85. The van der Waals surface area contributed by atoms with Gasteiger partial charge in [0, 0.05) is 6.07 Å². The summed E-state index contributed by atoms with van der Waals surface area (Å²) in [6.07, 6.45) is 1.97. The van der Waals surface area contributed by atoms with Gasteiger partial charge in [0.1, 0.15) is 23.5 Å². The Hall–Kier alpha value is -3.23. The quantitative estimate of drug-likeness (QED) is 0.525. The monoisotopic (exact) mass is 443 g/mol. The molecule has 2 aromatic heterocycles. The summed E-state index contributed by atoms with van der Waals surface area (Å²) in [4.78, 5) is 16.4. The second-order valence-electron chi connectivity index (χ2n) is 9.20. The molecule has 9 nitrogen and oxygen atoms in total. The zero-order valence-corrected chi connectivity index (χ0v) is 19.1. The van der Waals surface area contributed by atoms with E-state index < -0.39 is 11.7 Å². The molecule has 1 amide bonds. The van der Waals surface area contributed by atoms with Gasteiger partial charge < -0.3 is 28.5 Å². The smallest absolute Gasteiger partial charge is 0.407 e. The Balaban J connectivity index is 1.38. The van der Waals surface area contributed by atoms with Gasteiger partial charge in [-0.15, -0.1) is 0 Å². The number of aromatic nitrogens is 2. The van der Waals surface area contributed by atoms with Gasteiger partial charge in [0.2, 0.25) is 5.76 Å². The zero-order valence-electron chi connectivity index (χ0n) is 19.1. The lowest BCUT2D eigenvalue weighted by Crippen LogP contribution is -2.40. The number of benzene rings is 1. The summed E-state index contributed by atoms with van der Waals surface area (Å²) < 4.78 is 28.0. The van der Waals surface area contributed by atoms with Crippen molar-refractivity contribution < 1.29 is 27.9 Å². The van der Waals surface area contributed by atoms with Crippen LogP contribution < -0.4 is 14.8 Å². The summed E-state index contributed by atoms with van der Waals surface area (Å²) in [5.41, 5.74) is 1.41. The van der Waals surface area contributed by atoms with E-state index in [-0.39, 0.29) is 12.6 Å². The molecule has 3 aromatic rings.